The standard InChI is InChI=1S/C22H23F2N3O2/c23-22(24)29-19-9-6-17(7-10-19)8-11-21(28)26-13-12-20-25-14-15-27(20)16-18-4-2-1-3-5-18/h1-7,9-10,14-15,22H,8,11-13,16H2,(H,26,28). The number of alkyl halides is 2. The quantitative estimate of drug-likeness (QED) is 0.564. The van der Waals surface area contributed by atoms with Gasteiger partial charge in [-0.1, -0.05) is 42.5 Å². The largest absolute Gasteiger partial charge is 0.435 e. The lowest BCUT2D eigenvalue weighted by atomic mass is 10.1. The van der Waals surface area contributed by atoms with E-state index in [1.54, 1.807) is 18.3 Å². The lowest BCUT2D eigenvalue weighted by molar-refractivity contribution is -0.121. The summed E-state index contributed by atoms with van der Waals surface area (Å²) in [4.78, 5) is 16.4. The van der Waals surface area contributed by atoms with E-state index < -0.39 is 6.61 Å². The van der Waals surface area contributed by atoms with Crippen LogP contribution in [0.2, 0.25) is 0 Å². The smallest absolute Gasteiger partial charge is 0.387 e. The Balaban J connectivity index is 1.40. The van der Waals surface area contributed by atoms with Crippen molar-refractivity contribution < 1.29 is 18.3 Å². The van der Waals surface area contributed by atoms with Crippen LogP contribution in [0, 0.1) is 0 Å². The van der Waals surface area contributed by atoms with Crippen LogP contribution in [-0.2, 0) is 24.2 Å². The highest BCUT2D eigenvalue weighted by Crippen LogP contribution is 2.15. The van der Waals surface area contributed by atoms with E-state index in [9.17, 15) is 13.6 Å². The summed E-state index contributed by atoms with van der Waals surface area (Å²) in [5.41, 5.74) is 2.08. The summed E-state index contributed by atoms with van der Waals surface area (Å²) in [7, 11) is 0. The van der Waals surface area contributed by atoms with Gasteiger partial charge in [0.15, 0.2) is 0 Å². The summed E-state index contributed by atoms with van der Waals surface area (Å²) in [6.07, 6.45) is 5.20. The predicted molar refractivity (Wildman–Crippen MR) is 106 cm³/mol. The second kappa shape index (κ2) is 10.4. The minimum absolute atomic E-state index is 0.0564. The number of rotatable bonds is 10. The third kappa shape index (κ3) is 6.71. The molecule has 3 aromatic rings. The van der Waals surface area contributed by atoms with E-state index in [0.717, 1.165) is 17.9 Å². The number of imidazole rings is 1. The molecule has 29 heavy (non-hydrogen) atoms. The van der Waals surface area contributed by atoms with Crippen molar-refractivity contribution in [1.82, 2.24) is 14.9 Å². The maximum atomic E-state index is 12.1. The number of carbonyl (C=O) groups excluding carboxylic acids is 1. The van der Waals surface area contributed by atoms with Crippen LogP contribution < -0.4 is 10.1 Å². The number of halogens is 2. The van der Waals surface area contributed by atoms with E-state index in [4.69, 9.17) is 0 Å². The molecule has 0 aliphatic rings. The van der Waals surface area contributed by atoms with Crippen LogP contribution in [0.15, 0.2) is 67.0 Å². The highest BCUT2D eigenvalue weighted by atomic mass is 19.3. The molecule has 0 unspecified atom stereocenters. The van der Waals surface area contributed by atoms with Gasteiger partial charge in [0.1, 0.15) is 11.6 Å². The van der Waals surface area contributed by atoms with Gasteiger partial charge < -0.3 is 14.6 Å². The Kier molecular flexibility index (Phi) is 7.33. The summed E-state index contributed by atoms with van der Waals surface area (Å²) in [5, 5.41) is 2.90. The number of amides is 1. The Hall–Kier alpha value is -3.22. The van der Waals surface area contributed by atoms with Gasteiger partial charge in [-0.15, -0.1) is 0 Å². The summed E-state index contributed by atoms with van der Waals surface area (Å²) in [6, 6.07) is 16.5. The molecule has 1 heterocycles. The van der Waals surface area contributed by atoms with Gasteiger partial charge in [0, 0.05) is 38.3 Å². The molecule has 0 atom stereocenters. The minimum Gasteiger partial charge on any atom is -0.435 e. The number of ether oxygens (including phenoxy) is 1. The number of hydrogen-bond acceptors (Lipinski definition) is 3. The molecule has 0 radical (unpaired) electrons. The molecule has 0 fully saturated rings. The van der Waals surface area contributed by atoms with Crippen molar-refractivity contribution in [2.45, 2.75) is 32.4 Å². The molecule has 5 nitrogen and oxygen atoms in total. The molecular weight excluding hydrogens is 376 g/mol. The van der Waals surface area contributed by atoms with Crippen LogP contribution >= 0.6 is 0 Å². The Bertz CT molecular complexity index is 896. The number of benzene rings is 2. The molecule has 2 aromatic carbocycles. The van der Waals surface area contributed by atoms with Gasteiger partial charge in [0.2, 0.25) is 5.91 Å². The molecule has 0 saturated carbocycles. The average Bonchev–Trinajstić information content (AvgIpc) is 3.15. The number of aryl methyl sites for hydroxylation is 1. The highest BCUT2D eigenvalue weighted by molar-refractivity contribution is 5.76. The second-order valence-corrected chi connectivity index (χ2v) is 6.58. The molecule has 0 aliphatic heterocycles. The zero-order chi connectivity index (χ0) is 20.5. The first-order valence-electron chi connectivity index (χ1n) is 9.44. The van der Waals surface area contributed by atoms with Gasteiger partial charge in [-0.3, -0.25) is 4.79 Å². The maximum Gasteiger partial charge on any atom is 0.387 e. The van der Waals surface area contributed by atoms with E-state index in [1.807, 2.05) is 24.4 Å². The fraction of sp³-hybridized carbons (Fsp3) is 0.273. The molecule has 0 bridgehead atoms. The molecule has 0 spiro atoms. The zero-order valence-corrected chi connectivity index (χ0v) is 15.9. The van der Waals surface area contributed by atoms with Crippen molar-refractivity contribution in [2.75, 3.05) is 6.54 Å². The lowest BCUT2D eigenvalue weighted by Crippen LogP contribution is -2.26. The third-order valence-electron chi connectivity index (χ3n) is 4.46. The zero-order valence-electron chi connectivity index (χ0n) is 15.9. The highest BCUT2D eigenvalue weighted by Gasteiger charge is 2.07. The van der Waals surface area contributed by atoms with E-state index >= 15 is 0 Å². The number of carbonyl (C=O) groups is 1. The van der Waals surface area contributed by atoms with Crippen LogP contribution in [0.4, 0.5) is 8.78 Å². The Labute approximate surface area is 168 Å². The fourth-order valence-electron chi connectivity index (χ4n) is 2.99. The Morgan fingerprint density at radius 1 is 1.03 bits per heavy atom. The maximum absolute atomic E-state index is 12.1. The molecule has 0 aliphatic carbocycles. The molecule has 1 aromatic heterocycles. The minimum atomic E-state index is -2.84. The molecular formula is C22H23F2N3O2. The van der Waals surface area contributed by atoms with Gasteiger partial charge >= 0.3 is 6.61 Å². The molecule has 3 rings (SSSR count). The van der Waals surface area contributed by atoms with Crippen molar-refractivity contribution in [3.63, 3.8) is 0 Å². The van der Waals surface area contributed by atoms with Gasteiger partial charge in [0.25, 0.3) is 0 Å². The second-order valence-electron chi connectivity index (χ2n) is 6.58. The van der Waals surface area contributed by atoms with E-state index in [0.29, 0.717) is 25.8 Å². The summed E-state index contributed by atoms with van der Waals surface area (Å²) in [5.74, 6) is 0.974. The molecule has 0 saturated heterocycles. The van der Waals surface area contributed by atoms with Gasteiger partial charge in [0.05, 0.1) is 0 Å². The predicted octanol–water partition coefficient (Wildman–Crippen LogP) is 3.82. The van der Waals surface area contributed by atoms with Crippen LogP contribution in [-0.4, -0.2) is 28.6 Å². The van der Waals surface area contributed by atoms with Crippen molar-refractivity contribution >= 4 is 5.91 Å². The van der Waals surface area contributed by atoms with Gasteiger partial charge in [-0.05, 0) is 29.7 Å². The summed E-state index contributed by atoms with van der Waals surface area (Å²) in [6.45, 7) is -1.59. The summed E-state index contributed by atoms with van der Waals surface area (Å²) < 4.78 is 30.7. The number of aromatic nitrogens is 2. The van der Waals surface area contributed by atoms with Crippen LogP contribution in [0.25, 0.3) is 0 Å². The van der Waals surface area contributed by atoms with E-state index in [-0.39, 0.29) is 11.7 Å². The van der Waals surface area contributed by atoms with Crippen molar-refractivity contribution in [3.8, 4) is 5.75 Å². The van der Waals surface area contributed by atoms with Crippen molar-refractivity contribution in [2.24, 2.45) is 0 Å². The molecule has 7 heteroatoms. The number of nitrogens with one attached hydrogen (secondary N) is 1. The third-order valence-corrected chi connectivity index (χ3v) is 4.46. The van der Waals surface area contributed by atoms with Gasteiger partial charge in [-0.25, -0.2) is 4.98 Å². The Morgan fingerprint density at radius 3 is 2.52 bits per heavy atom. The molecule has 1 amide bonds. The first kappa shape index (κ1) is 20.5. The fourth-order valence-corrected chi connectivity index (χ4v) is 2.99. The van der Waals surface area contributed by atoms with E-state index in [1.165, 1.54) is 17.7 Å². The lowest BCUT2D eigenvalue weighted by Gasteiger charge is -2.09. The SMILES string of the molecule is O=C(CCc1ccc(OC(F)F)cc1)NCCc1nccn1Cc1ccccc1. The van der Waals surface area contributed by atoms with Crippen LogP contribution in [0.3, 0.4) is 0 Å². The van der Waals surface area contributed by atoms with Crippen LogP contribution in [0.1, 0.15) is 23.4 Å². The van der Waals surface area contributed by atoms with Crippen LogP contribution in [0.5, 0.6) is 5.75 Å². The Morgan fingerprint density at radius 2 is 1.79 bits per heavy atom. The number of nitrogens with zero attached hydrogens (tertiary/aromatic N) is 2. The first-order valence-corrected chi connectivity index (χ1v) is 9.44. The normalized spacial score (nSPS) is 10.9. The summed E-state index contributed by atoms with van der Waals surface area (Å²) >= 11 is 0. The topological polar surface area (TPSA) is 56.1 Å². The first-order chi connectivity index (χ1) is 14.1. The van der Waals surface area contributed by atoms with Gasteiger partial charge in [-0.2, -0.15) is 8.78 Å². The van der Waals surface area contributed by atoms with Crippen molar-refractivity contribution in [1.29, 1.82) is 0 Å². The van der Waals surface area contributed by atoms with E-state index in [2.05, 4.69) is 31.7 Å². The monoisotopic (exact) mass is 399 g/mol. The van der Waals surface area contributed by atoms with Crippen molar-refractivity contribution in [3.05, 3.63) is 83.9 Å². The number of hydrogen-bond donors (Lipinski definition) is 1. The average molecular weight is 399 g/mol. The molecule has 152 valence electrons. The molecule has 1 N–H and O–H groups in total.